The zero-order chi connectivity index (χ0) is 32.1. The number of pyridine rings is 2. The summed E-state index contributed by atoms with van der Waals surface area (Å²) >= 11 is 0. The van der Waals surface area contributed by atoms with E-state index in [4.69, 9.17) is 24.7 Å². The summed E-state index contributed by atoms with van der Waals surface area (Å²) in [7, 11) is 7.11. The second-order valence-corrected chi connectivity index (χ2v) is 9.93. The fourth-order valence-corrected chi connectivity index (χ4v) is 4.08. The highest BCUT2D eigenvalue weighted by Crippen LogP contribution is 2.24. The van der Waals surface area contributed by atoms with Crippen molar-refractivity contribution < 1.29 is 23.7 Å². The number of anilines is 1. The van der Waals surface area contributed by atoms with Crippen molar-refractivity contribution in [3.05, 3.63) is 88.8 Å². The summed E-state index contributed by atoms with van der Waals surface area (Å²) in [6.45, 7) is 6.57. The van der Waals surface area contributed by atoms with Gasteiger partial charge in [0.25, 0.3) is 5.91 Å². The van der Waals surface area contributed by atoms with E-state index in [0.29, 0.717) is 48.3 Å². The zero-order valence-electron chi connectivity index (χ0n) is 26.3. The van der Waals surface area contributed by atoms with Crippen LogP contribution in [0.1, 0.15) is 31.5 Å². The Hall–Kier alpha value is -4.97. The molecule has 1 aliphatic heterocycles. The summed E-state index contributed by atoms with van der Waals surface area (Å²) in [5, 5.41) is 2.69. The number of aromatic nitrogens is 2. The predicted octanol–water partition coefficient (Wildman–Crippen LogP) is 4.58. The lowest BCUT2D eigenvalue weighted by atomic mass is 10.1. The monoisotopic (exact) mass is 603 g/mol. The van der Waals surface area contributed by atoms with Gasteiger partial charge in [-0.1, -0.05) is 0 Å². The molecule has 2 aromatic rings. The number of methoxy groups -OCH3 is 2. The Kier molecular flexibility index (Phi) is 12.7. The molecule has 0 spiro atoms. The van der Waals surface area contributed by atoms with E-state index in [2.05, 4.69) is 25.3 Å². The number of nitrogens with zero attached hydrogens (tertiary/aromatic N) is 5. The van der Waals surface area contributed by atoms with Gasteiger partial charge >= 0.3 is 0 Å². The number of nitrogens with one attached hydrogen (secondary N) is 1. The van der Waals surface area contributed by atoms with Crippen LogP contribution in [0.25, 0.3) is 0 Å². The molecule has 3 heterocycles. The molecule has 0 radical (unpaired) electrons. The van der Waals surface area contributed by atoms with Gasteiger partial charge in [-0.2, -0.15) is 0 Å². The summed E-state index contributed by atoms with van der Waals surface area (Å²) < 4.78 is 22.6. The fourth-order valence-electron chi connectivity index (χ4n) is 4.08. The Balaban J connectivity index is 1.75. The molecule has 0 bridgehead atoms. The lowest BCUT2D eigenvalue weighted by Crippen LogP contribution is -2.23. The van der Waals surface area contributed by atoms with Crippen LogP contribution in [0.5, 0.6) is 5.75 Å². The third-order valence-corrected chi connectivity index (χ3v) is 6.17. The highest BCUT2D eigenvalue weighted by atomic mass is 16.5. The molecule has 0 aromatic carbocycles. The Morgan fingerprint density at radius 1 is 1.18 bits per heavy atom. The quantitative estimate of drug-likeness (QED) is 0.202. The van der Waals surface area contributed by atoms with Crippen molar-refractivity contribution in [2.45, 2.75) is 39.8 Å². The fraction of sp³-hybridized carbons (Fsp3) is 0.344. The lowest BCUT2D eigenvalue weighted by molar-refractivity contribution is -0.113. The van der Waals surface area contributed by atoms with Crippen LogP contribution in [0, 0.1) is 6.92 Å². The van der Waals surface area contributed by atoms with E-state index in [9.17, 15) is 4.79 Å². The van der Waals surface area contributed by atoms with Crippen molar-refractivity contribution in [2.24, 2.45) is 15.7 Å². The van der Waals surface area contributed by atoms with Crippen molar-refractivity contribution in [3.8, 4) is 5.75 Å². The molecule has 0 saturated heterocycles. The van der Waals surface area contributed by atoms with Crippen LogP contribution in [-0.2, 0) is 25.5 Å². The maximum absolute atomic E-state index is 13.0. The molecular weight excluding hydrogens is 562 g/mol. The average molecular weight is 604 g/mol. The lowest BCUT2D eigenvalue weighted by Gasteiger charge is -2.14. The average Bonchev–Trinajstić information content (AvgIpc) is 2.99. The minimum absolute atomic E-state index is 0.125. The molecular formula is C32H41N7O5. The number of hydrogen-bond acceptors (Lipinski definition) is 11. The number of rotatable bonds is 12. The Morgan fingerprint density at radius 2 is 1.95 bits per heavy atom. The minimum atomic E-state index is -0.586. The smallest absolute Gasteiger partial charge is 0.276 e. The van der Waals surface area contributed by atoms with Crippen molar-refractivity contribution in [3.63, 3.8) is 0 Å². The van der Waals surface area contributed by atoms with Gasteiger partial charge in [0.15, 0.2) is 17.3 Å². The molecule has 1 aliphatic rings. The van der Waals surface area contributed by atoms with E-state index < -0.39 is 5.91 Å². The van der Waals surface area contributed by atoms with E-state index in [-0.39, 0.29) is 23.3 Å². The number of aliphatic imine (C=N–C) groups is 2. The second-order valence-electron chi connectivity index (χ2n) is 9.93. The molecule has 1 unspecified atom stereocenters. The molecule has 3 N–H and O–H groups in total. The number of aryl methyl sites for hydroxylation is 1. The summed E-state index contributed by atoms with van der Waals surface area (Å²) in [5.74, 6) is 2.07. The molecule has 0 saturated carbocycles. The van der Waals surface area contributed by atoms with Crippen LogP contribution in [0.3, 0.4) is 0 Å². The van der Waals surface area contributed by atoms with E-state index in [1.54, 1.807) is 51.8 Å². The number of hydrogen-bond donors (Lipinski definition) is 2. The highest BCUT2D eigenvalue weighted by molar-refractivity contribution is 6.06. The van der Waals surface area contributed by atoms with E-state index in [1.807, 2.05) is 51.1 Å². The predicted molar refractivity (Wildman–Crippen MR) is 172 cm³/mol. The summed E-state index contributed by atoms with van der Waals surface area (Å²) in [5.41, 5.74) is 8.49. The number of amides is 1. The zero-order valence-corrected chi connectivity index (χ0v) is 26.3. The van der Waals surface area contributed by atoms with Gasteiger partial charge in [0.2, 0.25) is 0 Å². The molecule has 0 aliphatic carbocycles. The number of nitrogens with two attached hydrogens (primary N) is 1. The Labute approximate surface area is 258 Å². The Bertz CT molecular complexity index is 1470. The molecule has 12 heteroatoms. The molecule has 12 nitrogen and oxygen atoms in total. The largest absolute Gasteiger partial charge is 0.493 e. The van der Waals surface area contributed by atoms with Crippen LogP contribution < -0.4 is 15.8 Å². The van der Waals surface area contributed by atoms with Gasteiger partial charge in [-0.05, 0) is 76.9 Å². The van der Waals surface area contributed by atoms with Gasteiger partial charge in [0, 0.05) is 25.4 Å². The van der Waals surface area contributed by atoms with E-state index >= 15 is 0 Å². The molecule has 234 valence electrons. The van der Waals surface area contributed by atoms with Crippen molar-refractivity contribution >= 4 is 29.8 Å². The van der Waals surface area contributed by atoms with Gasteiger partial charge in [0.1, 0.15) is 23.0 Å². The van der Waals surface area contributed by atoms with E-state index in [0.717, 1.165) is 11.3 Å². The van der Waals surface area contributed by atoms with Crippen molar-refractivity contribution in [2.75, 3.05) is 40.2 Å². The summed E-state index contributed by atoms with van der Waals surface area (Å²) in [6.07, 6.45) is 12.3. The molecule has 0 fully saturated rings. The second kappa shape index (κ2) is 16.6. The third kappa shape index (κ3) is 9.80. The topological polar surface area (TPSA) is 146 Å². The molecule has 44 heavy (non-hydrogen) atoms. The van der Waals surface area contributed by atoms with Gasteiger partial charge in [-0.15, -0.1) is 0 Å². The normalized spacial score (nSPS) is 19.5. The molecule has 2 aromatic heterocycles. The van der Waals surface area contributed by atoms with Crippen LogP contribution in [0.2, 0.25) is 0 Å². The number of carbonyl (C=O) groups is 1. The SMILES string of the molecule is CCOC(C=Nc1c(CN(C)C)ccnc1C)=C(N)C(=O)Nc1ccc(O/C2=C/C=NC(C)/C=C(OC)\C(OC)=C/C2)cn1. The first-order valence-corrected chi connectivity index (χ1v) is 14.1. The number of carbonyl (C=O) groups excluding carboxylic acids is 1. The number of ether oxygens (including phenoxy) is 4. The molecule has 1 atom stereocenters. The Morgan fingerprint density at radius 3 is 2.61 bits per heavy atom. The summed E-state index contributed by atoms with van der Waals surface area (Å²) in [4.78, 5) is 32.7. The molecule has 3 rings (SSSR count). The van der Waals surface area contributed by atoms with Crippen LogP contribution in [-0.4, -0.2) is 74.2 Å². The van der Waals surface area contributed by atoms with Crippen LogP contribution in [0.15, 0.2) is 87.5 Å². The number of allylic oxidation sites excluding steroid dienone is 3. The standard InChI is InChI=1S/C32H41N7O5/c1-8-43-28(19-37-31-22(3)35-15-13-23(31)20-39(4)5)30(33)32(40)38-29-12-10-25(18-36-29)44-24-9-11-26(41-6)27(42-7)17-21(2)34-16-14-24/h10-19,21H,8-9,20,33H2,1-7H3,(H,36,38,40)/b24-14+,26-11+,27-17+,30-28?,34-16?,37-19?. The summed E-state index contributed by atoms with van der Waals surface area (Å²) in [6, 6.07) is 5.08. The maximum atomic E-state index is 13.0. The third-order valence-electron chi connectivity index (χ3n) is 6.17. The minimum Gasteiger partial charge on any atom is -0.493 e. The first-order chi connectivity index (χ1) is 21.1. The highest BCUT2D eigenvalue weighted by Gasteiger charge is 2.15. The van der Waals surface area contributed by atoms with Crippen LogP contribution in [0.4, 0.5) is 11.5 Å². The van der Waals surface area contributed by atoms with Gasteiger partial charge in [-0.3, -0.25) is 19.8 Å². The van der Waals surface area contributed by atoms with Gasteiger partial charge in [-0.25, -0.2) is 4.98 Å². The van der Waals surface area contributed by atoms with Crippen LogP contribution >= 0.6 is 0 Å². The first kappa shape index (κ1) is 33.5. The van der Waals surface area contributed by atoms with Crippen molar-refractivity contribution in [1.29, 1.82) is 0 Å². The van der Waals surface area contributed by atoms with Gasteiger partial charge < -0.3 is 34.9 Å². The van der Waals surface area contributed by atoms with Crippen molar-refractivity contribution in [1.82, 2.24) is 14.9 Å². The van der Waals surface area contributed by atoms with E-state index in [1.165, 1.54) is 12.4 Å². The maximum Gasteiger partial charge on any atom is 0.276 e. The van der Waals surface area contributed by atoms with Gasteiger partial charge in [0.05, 0.1) is 50.7 Å². The first-order valence-electron chi connectivity index (χ1n) is 14.1. The molecule has 1 amide bonds.